The van der Waals surface area contributed by atoms with E-state index in [1.54, 1.807) is 0 Å². The van der Waals surface area contributed by atoms with Crippen LogP contribution in [0.15, 0.2) is 12.4 Å². The number of nitrogens with two attached hydrogens (primary N) is 1. The average Bonchev–Trinajstić information content (AvgIpc) is 2.63. The van der Waals surface area contributed by atoms with Gasteiger partial charge in [-0.2, -0.15) is 5.10 Å². The van der Waals surface area contributed by atoms with E-state index in [-0.39, 0.29) is 19.6 Å². The summed E-state index contributed by atoms with van der Waals surface area (Å²) in [6.07, 6.45) is 2.99. The first kappa shape index (κ1) is 12.0. The summed E-state index contributed by atoms with van der Waals surface area (Å²) in [6.45, 7) is -0.0272. The van der Waals surface area contributed by atoms with Gasteiger partial charge in [-0.15, -0.1) is 0 Å². The van der Waals surface area contributed by atoms with Crippen molar-refractivity contribution in [2.24, 2.45) is 0 Å². The zero-order chi connectivity index (χ0) is 12.0. The molecular weight excluding hydrogens is 214 g/mol. The molecule has 88 valence electrons. The maximum absolute atomic E-state index is 11.2. The molecule has 0 fully saturated rings. The van der Waals surface area contributed by atoms with E-state index in [2.05, 4.69) is 9.84 Å². The molecule has 0 aliphatic carbocycles. The first-order chi connectivity index (χ1) is 7.61. The van der Waals surface area contributed by atoms with E-state index in [1.165, 1.54) is 24.2 Å². The van der Waals surface area contributed by atoms with Gasteiger partial charge in [-0.3, -0.25) is 14.3 Å². The maximum Gasteiger partial charge on any atom is 0.327 e. The lowest BCUT2D eigenvalue weighted by Crippen LogP contribution is -2.16. The fraction of sp³-hybridized carbons (Fsp3) is 0.444. The van der Waals surface area contributed by atoms with Crippen LogP contribution in [-0.4, -0.2) is 35.4 Å². The summed E-state index contributed by atoms with van der Waals surface area (Å²) >= 11 is 0. The Morgan fingerprint density at radius 1 is 1.50 bits per heavy atom. The highest BCUT2D eigenvalue weighted by Crippen LogP contribution is 1.98. The van der Waals surface area contributed by atoms with Crippen molar-refractivity contribution in [3.63, 3.8) is 0 Å². The fourth-order valence-corrected chi connectivity index (χ4v) is 0.994. The lowest BCUT2D eigenvalue weighted by molar-refractivity contribution is -0.148. The van der Waals surface area contributed by atoms with E-state index in [0.29, 0.717) is 5.69 Å². The van der Waals surface area contributed by atoms with Crippen molar-refractivity contribution >= 4 is 17.6 Å². The molecule has 0 aromatic carbocycles. The molecule has 2 N–H and O–H groups in total. The first-order valence-electron chi connectivity index (χ1n) is 4.62. The highest BCUT2D eigenvalue weighted by molar-refractivity contribution is 5.71. The molecule has 0 saturated heterocycles. The molecule has 1 aromatic rings. The number of nitrogens with zero attached hydrogens (tertiary/aromatic N) is 2. The SMILES string of the molecule is COC(=O)CCOC(=O)Cn1cc(N)cn1. The second kappa shape index (κ2) is 5.74. The van der Waals surface area contributed by atoms with E-state index >= 15 is 0 Å². The van der Waals surface area contributed by atoms with Crippen molar-refractivity contribution in [1.29, 1.82) is 0 Å². The predicted octanol–water partition coefficient (Wildman–Crippen LogP) is -0.428. The van der Waals surface area contributed by atoms with Crippen molar-refractivity contribution in [2.45, 2.75) is 13.0 Å². The molecule has 0 bridgehead atoms. The van der Waals surface area contributed by atoms with Crippen LogP contribution in [0, 0.1) is 0 Å². The van der Waals surface area contributed by atoms with Gasteiger partial charge in [0.15, 0.2) is 0 Å². The van der Waals surface area contributed by atoms with Gasteiger partial charge in [-0.1, -0.05) is 0 Å². The molecule has 7 heteroatoms. The number of aromatic nitrogens is 2. The molecule has 16 heavy (non-hydrogen) atoms. The number of rotatable bonds is 5. The number of carbonyl (C=O) groups is 2. The summed E-state index contributed by atoms with van der Waals surface area (Å²) in [5.74, 6) is -0.900. The Labute approximate surface area is 92.1 Å². The summed E-state index contributed by atoms with van der Waals surface area (Å²) < 4.78 is 10.5. The molecule has 0 saturated carbocycles. The number of esters is 2. The molecule has 0 spiro atoms. The van der Waals surface area contributed by atoms with Gasteiger partial charge in [-0.05, 0) is 0 Å². The normalized spacial score (nSPS) is 9.81. The molecule has 0 aliphatic heterocycles. The van der Waals surface area contributed by atoms with Crippen LogP contribution in [0.25, 0.3) is 0 Å². The van der Waals surface area contributed by atoms with E-state index < -0.39 is 11.9 Å². The Balaban J connectivity index is 2.23. The Bertz CT molecular complexity index is 375. The van der Waals surface area contributed by atoms with Gasteiger partial charge in [0.2, 0.25) is 0 Å². The average molecular weight is 227 g/mol. The summed E-state index contributed by atoms with van der Waals surface area (Å²) in [4.78, 5) is 21.9. The molecule has 0 aliphatic rings. The first-order valence-corrected chi connectivity index (χ1v) is 4.62. The summed E-state index contributed by atoms with van der Waals surface area (Å²) in [7, 11) is 1.27. The Hall–Kier alpha value is -2.05. The van der Waals surface area contributed by atoms with Gasteiger partial charge in [0, 0.05) is 6.20 Å². The third-order valence-electron chi connectivity index (χ3n) is 1.74. The van der Waals surface area contributed by atoms with Crippen molar-refractivity contribution < 1.29 is 19.1 Å². The van der Waals surface area contributed by atoms with Crippen LogP contribution < -0.4 is 5.73 Å². The smallest absolute Gasteiger partial charge is 0.327 e. The summed E-state index contributed by atoms with van der Waals surface area (Å²) in [5, 5.41) is 3.81. The minimum Gasteiger partial charge on any atom is -0.469 e. The Morgan fingerprint density at radius 3 is 2.81 bits per heavy atom. The second-order valence-corrected chi connectivity index (χ2v) is 3.02. The van der Waals surface area contributed by atoms with Crippen molar-refractivity contribution in [3.05, 3.63) is 12.4 Å². The number of hydrogen-bond acceptors (Lipinski definition) is 6. The number of hydrogen-bond donors (Lipinski definition) is 1. The van der Waals surface area contributed by atoms with Gasteiger partial charge in [0.05, 0.1) is 25.4 Å². The lowest BCUT2D eigenvalue weighted by atomic mass is 10.5. The number of methoxy groups -OCH3 is 1. The van der Waals surface area contributed by atoms with Gasteiger partial charge >= 0.3 is 11.9 Å². The number of ether oxygens (including phenoxy) is 2. The second-order valence-electron chi connectivity index (χ2n) is 3.02. The quantitative estimate of drug-likeness (QED) is 0.686. The molecule has 0 unspecified atom stereocenters. The third-order valence-corrected chi connectivity index (χ3v) is 1.74. The topological polar surface area (TPSA) is 96.4 Å². The molecule has 0 radical (unpaired) electrons. The van der Waals surface area contributed by atoms with Crippen LogP contribution in [-0.2, 0) is 25.6 Å². The molecule has 1 aromatic heterocycles. The van der Waals surface area contributed by atoms with Gasteiger partial charge < -0.3 is 15.2 Å². The zero-order valence-electron chi connectivity index (χ0n) is 8.88. The van der Waals surface area contributed by atoms with E-state index in [9.17, 15) is 9.59 Å². The van der Waals surface area contributed by atoms with E-state index in [0.717, 1.165) is 0 Å². The van der Waals surface area contributed by atoms with Crippen molar-refractivity contribution in [3.8, 4) is 0 Å². The largest absolute Gasteiger partial charge is 0.469 e. The number of carbonyl (C=O) groups excluding carboxylic acids is 2. The van der Waals surface area contributed by atoms with Gasteiger partial charge in [0.1, 0.15) is 13.2 Å². The van der Waals surface area contributed by atoms with E-state index in [4.69, 9.17) is 10.5 Å². The molecule has 1 rings (SSSR count). The predicted molar refractivity (Wildman–Crippen MR) is 54.2 cm³/mol. The fourth-order valence-electron chi connectivity index (χ4n) is 0.994. The minimum atomic E-state index is -0.480. The van der Waals surface area contributed by atoms with Gasteiger partial charge in [0.25, 0.3) is 0 Å². The molecule has 0 atom stereocenters. The Morgan fingerprint density at radius 2 is 2.25 bits per heavy atom. The lowest BCUT2D eigenvalue weighted by Gasteiger charge is -2.03. The van der Waals surface area contributed by atoms with Crippen molar-refractivity contribution in [1.82, 2.24) is 9.78 Å². The summed E-state index contributed by atoms with van der Waals surface area (Å²) in [5.41, 5.74) is 5.89. The maximum atomic E-state index is 11.2. The third kappa shape index (κ3) is 3.99. The highest BCUT2D eigenvalue weighted by Gasteiger charge is 2.07. The number of anilines is 1. The molecule has 1 heterocycles. The van der Waals surface area contributed by atoms with Gasteiger partial charge in [-0.25, -0.2) is 0 Å². The van der Waals surface area contributed by atoms with Crippen LogP contribution in [0.4, 0.5) is 5.69 Å². The highest BCUT2D eigenvalue weighted by atomic mass is 16.5. The van der Waals surface area contributed by atoms with Crippen LogP contribution >= 0.6 is 0 Å². The van der Waals surface area contributed by atoms with Crippen LogP contribution in [0.5, 0.6) is 0 Å². The van der Waals surface area contributed by atoms with Crippen LogP contribution in [0.3, 0.4) is 0 Å². The van der Waals surface area contributed by atoms with Crippen molar-refractivity contribution in [2.75, 3.05) is 19.5 Å². The monoisotopic (exact) mass is 227 g/mol. The Kier molecular flexibility index (Phi) is 4.31. The van der Waals surface area contributed by atoms with Crippen LogP contribution in [0.1, 0.15) is 6.42 Å². The van der Waals surface area contributed by atoms with Crippen LogP contribution in [0.2, 0.25) is 0 Å². The zero-order valence-corrected chi connectivity index (χ0v) is 8.88. The minimum absolute atomic E-state index is 0.00224. The molecule has 0 amide bonds. The summed E-state index contributed by atoms with van der Waals surface area (Å²) in [6, 6.07) is 0. The van der Waals surface area contributed by atoms with E-state index in [1.807, 2.05) is 0 Å². The molecular formula is C9H13N3O4. The number of nitrogen functional groups attached to an aromatic ring is 1. The standard InChI is InChI=1S/C9H13N3O4/c1-15-8(13)2-3-16-9(14)6-12-5-7(10)4-11-12/h4-5H,2-3,6,10H2,1H3. The molecule has 7 nitrogen and oxygen atoms in total.